The first-order valence-electron chi connectivity index (χ1n) is 7.03. The van der Waals surface area contributed by atoms with Gasteiger partial charge in [0.25, 0.3) is 0 Å². The Balaban J connectivity index is 1.56. The molecule has 1 aliphatic carbocycles. The van der Waals surface area contributed by atoms with Crippen LogP contribution in [0.2, 0.25) is 0 Å². The van der Waals surface area contributed by atoms with Gasteiger partial charge < -0.3 is 5.32 Å². The molecule has 102 valence electrons. The summed E-state index contributed by atoms with van der Waals surface area (Å²) < 4.78 is 4.04. The number of aryl methyl sites for hydroxylation is 1. The molecule has 5 nitrogen and oxygen atoms in total. The molecule has 0 aliphatic heterocycles. The van der Waals surface area contributed by atoms with Crippen molar-refractivity contribution in [3.05, 3.63) is 35.9 Å². The highest BCUT2D eigenvalue weighted by atomic mass is 15.3. The number of hydrogen-bond acceptors (Lipinski definition) is 3. The molecule has 3 rings (SSSR count). The predicted molar refractivity (Wildman–Crippen MR) is 73.5 cm³/mol. The number of nitrogens with zero attached hydrogens (tertiary/aromatic N) is 4. The zero-order valence-electron chi connectivity index (χ0n) is 11.4. The second-order valence-electron chi connectivity index (χ2n) is 5.33. The summed E-state index contributed by atoms with van der Waals surface area (Å²) in [7, 11) is 1.94. The van der Waals surface area contributed by atoms with Crippen molar-refractivity contribution in [2.45, 2.75) is 44.8 Å². The molecule has 2 aromatic rings. The largest absolute Gasteiger partial charge is 0.307 e. The molecule has 2 aromatic heterocycles. The third-order valence-corrected chi connectivity index (χ3v) is 3.82. The molecule has 0 saturated heterocycles. The molecule has 0 amide bonds. The van der Waals surface area contributed by atoms with Crippen molar-refractivity contribution in [2.75, 3.05) is 0 Å². The molecular weight excluding hydrogens is 238 g/mol. The van der Waals surface area contributed by atoms with E-state index in [9.17, 15) is 0 Å². The summed E-state index contributed by atoms with van der Waals surface area (Å²) in [5.41, 5.74) is 2.50. The van der Waals surface area contributed by atoms with Crippen molar-refractivity contribution < 1.29 is 0 Å². The van der Waals surface area contributed by atoms with Gasteiger partial charge in [-0.3, -0.25) is 9.36 Å². The summed E-state index contributed by atoms with van der Waals surface area (Å²) in [6.07, 6.45) is 11.1. The molecule has 1 saturated carbocycles. The SMILES string of the molecule is Cn1cc(CNCc2ccnn2C2CCCC2)cn1. The van der Waals surface area contributed by atoms with Crippen LogP contribution < -0.4 is 5.32 Å². The van der Waals surface area contributed by atoms with Gasteiger partial charge in [-0.2, -0.15) is 10.2 Å². The fourth-order valence-corrected chi connectivity index (χ4v) is 2.86. The van der Waals surface area contributed by atoms with Crippen LogP contribution in [-0.2, 0) is 20.1 Å². The topological polar surface area (TPSA) is 47.7 Å². The first-order valence-corrected chi connectivity index (χ1v) is 7.03. The Morgan fingerprint density at radius 3 is 2.84 bits per heavy atom. The van der Waals surface area contributed by atoms with Crippen LogP contribution in [0.4, 0.5) is 0 Å². The standard InChI is InChI=1S/C14H21N5/c1-18-11-12(9-17-18)8-15-10-14-6-7-16-19(14)13-4-2-3-5-13/h6-7,9,11,13,15H,2-5,8,10H2,1H3. The van der Waals surface area contributed by atoms with Crippen LogP contribution in [0.3, 0.4) is 0 Å². The lowest BCUT2D eigenvalue weighted by atomic mass is 10.2. The Kier molecular flexibility index (Phi) is 3.64. The van der Waals surface area contributed by atoms with Crippen molar-refractivity contribution in [2.24, 2.45) is 7.05 Å². The molecule has 0 radical (unpaired) electrons. The van der Waals surface area contributed by atoms with Crippen LogP contribution in [0.25, 0.3) is 0 Å². The van der Waals surface area contributed by atoms with E-state index in [1.54, 1.807) is 0 Å². The van der Waals surface area contributed by atoms with Crippen LogP contribution in [0, 0.1) is 0 Å². The summed E-state index contributed by atoms with van der Waals surface area (Å²) in [6.45, 7) is 1.72. The Hall–Kier alpha value is -1.62. The molecule has 1 N–H and O–H groups in total. The second-order valence-corrected chi connectivity index (χ2v) is 5.33. The van der Waals surface area contributed by atoms with Gasteiger partial charge in [-0.25, -0.2) is 0 Å². The van der Waals surface area contributed by atoms with Crippen LogP contribution in [0.1, 0.15) is 43.0 Å². The average Bonchev–Trinajstić information content (AvgIpc) is 3.09. The fourth-order valence-electron chi connectivity index (χ4n) is 2.86. The van der Waals surface area contributed by atoms with E-state index >= 15 is 0 Å². The van der Waals surface area contributed by atoms with Gasteiger partial charge in [-0.1, -0.05) is 12.8 Å². The minimum atomic E-state index is 0.616. The van der Waals surface area contributed by atoms with Crippen molar-refractivity contribution in [1.29, 1.82) is 0 Å². The molecule has 2 heterocycles. The van der Waals surface area contributed by atoms with Gasteiger partial charge in [0.2, 0.25) is 0 Å². The van der Waals surface area contributed by atoms with Crippen LogP contribution in [0.5, 0.6) is 0 Å². The molecular formula is C14H21N5. The minimum absolute atomic E-state index is 0.616. The molecule has 19 heavy (non-hydrogen) atoms. The van der Waals surface area contributed by atoms with Crippen molar-refractivity contribution in [3.8, 4) is 0 Å². The van der Waals surface area contributed by atoms with Crippen molar-refractivity contribution >= 4 is 0 Å². The Morgan fingerprint density at radius 1 is 1.26 bits per heavy atom. The quantitative estimate of drug-likeness (QED) is 0.893. The maximum atomic E-state index is 4.49. The molecule has 0 unspecified atom stereocenters. The Labute approximate surface area is 113 Å². The smallest absolute Gasteiger partial charge is 0.0534 e. The zero-order chi connectivity index (χ0) is 13.1. The van der Waals surface area contributed by atoms with Gasteiger partial charge in [-0.05, 0) is 18.9 Å². The van der Waals surface area contributed by atoms with E-state index in [2.05, 4.69) is 26.3 Å². The maximum absolute atomic E-state index is 4.49. The van der Waals surface area contributed by atoms with E-state index in [0.717, 1.165) is 13.1 Å². The maximum Gasteiger partial charge on any atom is 0.0534 e. The van der Waals surface area contributed by atoms with Gasteiger partial charge in [-0.15, -0.1) is 0 Å². The Bertz CT molecular complexity index is 521. The van der Waals surface area contributed by atoms with Gasteiger partial charge >= 0.3 is 0 Å². The first-order chi connectivity index (χ1) is 9.33. The molecule has 0 spiro atoms. The van der Waals surface area contributed by atoms with E-state index in [0.29, 0.717) is 6.04 Å². The number of hydrogen-bond donors (Lipinski definition) is 1. The van der Waals surface area contributed by atoms with Gasteiger partial charge in [0, 0.05) is 38.1 Å². The van der Waals surface area contributed by atoms with Gasteiger partial charge in [0.1, 0.15) is 0 Å². The van der Waals surface area contributed by atoms with Gasteiger partial charge in [0.15, 0.2) is 0 Å². The summed E-state index contributed by atoms with van der Waals surface area (Å²) >= 11 is 0. The van der Waals surface area contributed by atoms with Crippen molar-refractivity contribution in [1.82, 2.24) is 24.9 Å². The first kappa shape index (κ1) is 12.4. The predicted octanol–water partition coefficient (Wildman–Crippen LogP) is 2.02. The van der Waals surface area contributed by atoms with E-state index in [1.165, 1.54) is 36.9 Å². The molecule has 1 aliphatic rings. The molecule has 1 fully saturated rings. The minimum Gasteiger partial charge on any atom is -0.307 e. The average molecular weight is 259 g/mol. The number of nitrogens with one attached hydrogen (secondary N) is 1. The van der Waals surface area contributed by atoms with Crippen LogP contribution in [0.15, 0.2) is 24.7 Å². The van der Waals surface area contributed by atoms with Crippen LogP contribution >= 0.6 is 0 Å². The molecule has 0 aromatic carbocycles. The van der Waals surface area contributed by atoms with E-state index in [-0.39, 0.29) is 0 Å². The summed E-state index contributed by atoms with van der Waals surface area (Å²) in [6, 6.07) is 2.74. The Morgan fingerprint density at radius 2 is 2.11 bits per heavy atom. The third kappa shape index (κ3) is 2.87. The van der Waals surface area contributed by atoms with Crippen LogP contribution in [-0.4, -0.2) is 19.6 Å². The highest BCUT2D eigenvalue weighted by molar-refractivity contribution is 5.05. The zero-order valence-corrected chi connectivity index (χ0v) is 11.4. The fraction of sp³-hybridized carbons (Fsp3) is 0.571. The highest BCUT2D eigenvalue weighted by Gasteiger charge is 2.19. The molecule has 5 heteroatoms. The highest BCUT2D eigenvalue weighted by Crippen LogP contribution is 2.29. The molecule has 0 bridgehead atoms. The number of aromatic nitrogens is 4. The number of rotatable bonds is 5. The lowest BCUT2D eigenvalue weighted by Crippen LogP contribution is -2.18. The summed E-state index contributed by atoms with van der Waals surface area (Å²) in [5, 5.41) is 12.1. The van der Waals surface area contributed by atoms with E-state index in [4.69, 9.17) is 0 Å². The lowest BCUT2D eigenvalue weighted by Gasteiger charge is -2.14. The summed E-state index contributed by atoms with van der Waals surface area (Å²) in [4.78, 5) is 0. The monoisotopic (exact) mass is 259 g/mol. The third-order valence-electron chi connectivity index (χ3n) is 3.82. The van der Waals surface area contributed by atoms with Crippen molar-refractivity contribution in [3.63, 3.8) is 0 Å². The van der Waals surface area contributed by atoms with E-state index in [1.807, 2.05) is 30.3 Å². The van der Waals surface area contributed by atoms with Gasteiger partial charge in [0.05, 0.1) is 17.9 Å². The lowest BCUT2D eigenvalue weighted by molar-refractivity contribution is 0.442. The summed E-state index contributed by atoms with van der Waals surface area (Å²) in [5.74, 6) is 0. The second kappa shape index (κ2) is 5.57. The van der Waals surface area contributed by atoms with E-state index < -0.39 is 0 Å². The molecule has 0 atom stereocenters. The normalized spacial score (nSPS) is 16.3.